The van der Waals surface area contributed by atoms with Crippen LogP contribution in [0.2, 0.25) is 0 Å². The Labute approximate surface area is 122 Å². The number of anilines is 1. The van der Waals surface area contributed by atoms with Crippen molar-refractivity contribution in [3.8, 4) is 5.75 Å². The fourth-order valence-corrected chi connectivity index (χ4v) is 3.67. The predicted octanol–water partition coefficient (Wildman–Crippen LogP) is 2.32. The molecule has 2 aliphatic heterocycles. The van der Waals surface area contributed by atoms with Gasteiger partial charge in [-0.25, -0.2) is 0 Å². The quantitative estimate of drug-likeness (QED) is 0.751. The molecule has 0 radical (unpaired) electrons. The zero-order valence-electron chi connectivity index (χ0n) is 11.5. The summed E-state index contributed by atoms with van der Waals surface area (Å²) in [5.74, 6) is 0.300. The van der Waals surface area contributed by atoms with Gasteiger partial charge in [0.05, 0.1) is 11.5 Å². The maximum atomic E-state index is 12.7. The lowest BCUT2D eigenvalue weighted by molar-refractivity contribution is -0.121. The lowest BCUT2D eigenvalue weighted by atomic mass is 9.73. The summed E-state index contributed by atoms with van der Waals surface area (Å²) in [5, 5.41) is 15.9. The summed E-state index contributed by atoms with van der Waals surface area (Å²) in [6, 6.07) is 14.9. The first kappa shape index (κ1) is 12.4. The highest BCUT2D eigenvalue weighted by atomic mass is 16.3. The van der Waals surface area contributed by atoms with Crippen molar-refractivity contribution in [3.63, 3.8) is 0 Å². The van der Waals surface area contributed by atoms with Gasteiger partial charge in [-0.05, 0) is 42.3 Å². The number of hydrogen-bond donors (Lipinski definition) is 3. The number of aromatic hydroxyl groups is 1. The molecule has 1 amide bonds. The van der Waals surface area contributed by atoms with E-state index in [1.807, 2.05) is 36.4 Å². The normalized spacial score (nSPS) is 26.9. The van der Waals surface area contributed by atoms with E-state index in [0.29, 0.717) is 0 Å². The largest absolute Gasteiger partial charge is 0.508 e. The van der Waals surface area contributed by atoms with Gasteiger partial charge in [-0.15, -0.1) is 0 Å². The third kappa shape index (κ3) is 1.63. The molecule has 4 heteroatoms. The number of para-hydroxylation sites is 1. The van der Waals surface area contributed by atoms with Gasteiger partial charge in [-0.1, -0.05) is 30.3 Å². The maximum Gasteiger partial charge on any atom is 0.237 e. The lowest BCUT2D eigenvalue weighted by Gasteiger charge is -2.29. The predicted molar refractivity (Wildman–Crippen MR) is 80.2 cm³/mol. The summed E-state index contributed by atoms with van der Waals surface area (Å²) in [7, 11) is 0. The molecule has 2 atom stereocenters. The van der Waals surface area contributed by atoms with Gasteiger partial charge in [0.2, 0.25) is 5.91 Å². The molecule has 1 saturated heterocycles. The second kappa shape index (κ2) is 4.33. The van der Waals surface area contributed by atoms with Crippen LogP contribution in [0, 0.1) is 0 Å². The molecule has 2 heterocycles. The molecule has 4 nitrogen and oxygen atoms in total. The number of phenolic OH excluding ortho intramolecular Hbond substituents is 1. The summed E-state index contributed by atoms with van der Waals surface area (Å²) in [6.45, 7) is 0.799. The average Bonchev–Trinajstić information content (AvgIpc) is 3.05. The number of benzene rings is 2. The molecule has 0 unspecified atom stereocenters. The van der Waals surface area contributed by atoms with E-state index in [4.69, 9.17) is 0 Å². The molecule has 0 bridgehead atoms. The van der Waals surface area contributed by atoms with Crippen molar-refractivity contribution < 1.29 is 9.90 Å². The zero-order chi connectivity index (χ0) is 14.4. The number of phenols is 1. The summed E-state index contributed by atoms with van der Waals surface area (Å²) >= 11 is 0. The summed E-state index contributed by atoms with van der Waals surface area (Å²) in [5.41, 5.74) is 2.46. The Morgan fingerprint density at radius 1 is 1.10 bits per heavy atom. The van der Waals surface area contributed by atoms with Gasteiger partial charge in [0.25, 0.3) is 0 Å². The van der Waals surface area contributed by atoms with Crippen LogP contribution in [0.5, 0.6) is 5.75 Å². The van der Waals surface area contributed by atoms with Crippen molar-refractivity contribution in [2.24, 2.45) is 0 Å². The fraction of sp³-hybridized carbons (Fsp3) is 0.235. The SMILES string of the molecule is O=C1Nc2ccccc2[C@]12CCN[C@@H]2c1ccc(O)cc1. The number of fused-ring (bicyclic) bond motifs is 2. The van der Waals surface area contributed by atoms with Crippen LogP contribution in [0.4, 0.5) is 5.69 Å². The third-order valence-corrected chi connectivity index (χ3v) is 4.65. The fourth-order valence-electron chi connectivity index (χ4n) is 3.67. The highest BCUT2D eigenvalue weighted by Gasteiger charge is 2.55. The van der Waals surface area contributed by atoms with Crippen molar-refractivity contribution in [1.29, 1.82) is 0 Å². The van der Waals surface area contributed by atoms with Crippen molar-refractivity contribution in [2.45, 2.75) is 17.9 Å². The molecular formula is C17H16N2O2. The standard InChI is InChI=1S/C17H16N2O2/c20-12-7-5-11(6-8-12)15-17(9-10-18-15)13-3-1-2-4-14(13)19-16(17)21/h1-8,15,18,20H,9-10H2,(H,19,21)/t15-,17+/m1/s1. The van der Waals surface area contributed by atoms with Crippen LogP contribution in [0.15, 0.2) is 48.5 Å². The second-order valence-corrected chi connectivity index (χ2v) is 5.70. The van der Waals surface area contributed by atoms with E-state index in [1.165, 1.54) is 0 Å². The Hall–Kier alpha value is -2.33. The minimum atomic E-state index is -0.548. The van der Waals surface area contributed by atoms with Crippen molar-refractivity contribution >= 4 is 11.6 Å². The van der Waals surface area contributed by atoms with Crippen LogP contribution in [0.3, 0.4) is 0 Å². The smallest absolute Gasteiger partial charge is 0.237 e. The van der Waals surface area contributed by atoms with Gasteiger partial charge >= 0.3 is 0 Å². The Morgan fingerprint density at radius 2 is 1.86 bits per heavy atom. The number of rotatable bonds is 1. The summed E-state index contributed by atoms with van der Waals surface area (Å²) < 4.78 is 0. The number of amides is 1. The molecule has 3 N–H and O–H groups in total. The van der Waals surface area contributed by atoms with Crippen LogP contribution in [-0.4, -0.2) is 17.6 Å². The number of carbonyl (C=O) groups is 1. The Balaban J connectivity index is 1.86. The minimum Gasteiger partial charge on any atom is -0.508 e. The van der Waals surface area contributed by atoms with Gasteiger partial charge in [0.1, 0.15) is 5.75 Å². The Morgan fingerprint density at radius 3 is 2.67 bits per heavy atom. The first-order chi connectivity index (χ1) is 10.2. The second-order valence-electron chi connectivity index (χ2n) is 5.70. The zero-order valence-corrected chi connectivity index (χ0v) is 11.5. The maximum absolute atomic E-state index is 12.7. The molecule has 4 rings (SSSR count). The highest BCUT2D eigenvalue weighted by Crippen LogP contribution is 2.50. The van der Waals surface area contributed by atoms with Gasteiger partial charge in [0, 0.05) is 5.69 Å². The number of carbonyl (C=O) groups excluding carboxylic acids is 1. The van der Waals surface area contributed by atoms with Crippen molar-refractivity contribution in [2.75, 3.05) is 11.9 Å². The molecular weight excluding hydrogens is 264 g/mol. The first-order valence-corrected chi connectivity index (χ1v) is 7.15. The van der Waals surface area contributed by atoms with Crippen LogP contribution in [0.25, 0.3) is 0 Å². The van der Waals surface area contributed by atoms with Crippen LogP contribution in [-0.2, 0) is 10.2 Å². The van der Waals surface area contributed by atoms with E-state index in [-0.39, 0.29) is 17.7 Å². The number of nitrogens with one attached hydrogen (secondary N) is 2. The van der Waals surface area contributed by atoms with Gasteiger partial charge in [0.15, 0.2) is 0 Å². The number of hydrogen-bond acceptors (Lipinski definition) is 3. The molecule has 0 aliphatic carbocycles. The molecule has 1 fully saturated rings. The molecule has 21 heavy (non-hydrogen) atoms. The molecule has 2 aromatic rings. The average molecular weight is 280 g/mol. The van der Waals surface area contributed by atoms with E-state index in [1.54, 1.807) is 12.1 Å². The van der Waals surface area contributed by atoms with Crippen LogP contribution in [0.1, 0.15) is 23.6 Å². The van der Waals surface area contributed by atoms with E-state index in [0.717, 1.165) is 29.8 Å². The molecule has 0 saturated carbocycles. The van der Waals surface area contributed by atoms with Crippen molar-refractivity contribution in [3.05, 3.63) is 59.7 Å². The Kier molecular flexibility index (Phi) is 2.56. The highest BCUT2D eigenvalue weighted by molar-refractivity contribution is 6.07. The van der Waals surface area contributed by atoms with Gasteiger partial charge in [-0.3, -0.25) is 4.79 Å². The molecule has 2 aliphatic rings. The molecule has 0 aromatic heterocycles. The van der Waals surface area contributed by atoms with E-state index < -0.39 is 5.41 Å². The lowest BCUT2D eigenvalue weighted by Crippen LogP contribution is -2.39. The van der Waals surface area contributed by atoms with E-state index in [9.17, 15) is 9.90 Å². The first-order valence-electron chi connectivity index (χ1n) is 7.15. The van der Waals surface area contributed by atoms with E-state index >= 15 is 0 Å². The summed E-state index contributed by atoms with van der Waals surface area (Å²) in [4.78, 5) is 12.7. The van der Waals surface area contributed by atoms with E-state index in [2.05, 4.69) is 10.6 Å². The molecule has 106 valence electrons. The van der Waals surface area contributed by atoms with Crippen LogP contribution >= 0.6 is 0 Å². The van der Waals surface area contributed by atoms with Gasteiger partial charge < -0.3 is 15.7 Å². The van der Waals surface area contributed by atoms with Gasteiger partial charge in [-0.2, -0.15) is 0 Å². The van der Waals surface area contributed by atoms with Crippen molar-refractivity contribution in [1.82, 2.24) is 5.32 Å². The topological polar surface area (TPSA) is 61.4 Å². The minimum absolute atomic E-state index is 0.0618. The monoisotopic (exact) mass is 280 g/mol. The third-order valence-electron chi connectivity index (χ3n) is 4.65. The molecule has 2 aromatic carbocycles. The molecule has 1 spiro atoms. The summed E-state index contributed by atoms with van der Waals surface area (Å²) in [6.07, 6.45) is 0.779. The van der Waals surface area contributed by atoms with Crippen LogP contribution < -0.4 is 10.6 Å². The Bertz CT molecular complexity index is 711.